The molecule has 0 bridgehead atoms. The van der Waals surface area contributed by atoms with Crippen LogP contribution in [0, 0.1) is 0 Å². The molecule has 2 heterocycles. The van der Waals surface area contributed by atoms with Crippen LogP contribution in [0.15, 0.2) is 48.5 Å². The molecular formula is C18H17F2N5O2. The van der Waals surface area contributed by atoms with Crippen molar-refractivity contribution in [3.8, 4) is 11.5 Å². The predicted octanol–water partition coefficient (Wildman–Crippen LogP) is 3.43. The monoisotopic (exact) mass is 373 g/mol. The number of aromatic nitrogens is 4. The van der Waals surface area contributed by atoms with Crippen LogP contribution >= 0.6 is 0 Å². The Balaban J connectivity index is 1.69. The number of fused-ring (bicyclic) bond motifs is 1. The number of ether oxygens (including phenoxy) is 2. The summed E-state index contributed by atoms with van der Waals surface area (Å²) in [4.78, 5) is 0. The highest BCUT2D eigenvalue weighted by Crippen LogP contribution is 2.40. The van der Waals surface area contributed by atoms with E-state index in [1.807, 2.05) is 24.3 Å². The summed E-state index contributed by atoms with van der Waals surface area (Å²) in [5, 5.41) is 15.0. The van der Waals surface area contributed by atoms with Gasteiger partial charge in [0.2, 0.25) is 5.95 Å². The largest absolute Gasteiger partial charge is 0.497 e. The van der Waals surface area contributed by atoms with E-state index in [1.165, 1.54) is 6.07 Å². The maximum atomic E-state index is 12.8. The Hall–Kier alpha value is -3.23. The normalized spacial score (nSPS) is 18.7. The zero-order valence-corrected chi connectivity index (χ0v) is 14.4. The van der Waals surface area contributed by atoms with Gasteiger partial charge in [-0.2, -0.15) is 8.78 Å². The molecule has 0 aliphatic carbocycles. The van der Waals surface area contributed by atoms with Crippen molar-refractivity contribution in [3.63, 3.8) is 0 Å². The minimum atomic E-state index is -2.89. The molecule has 140 valence electrons. The first-order valence-electron chi connectivity index (χ1n) is 8.38. The number of para-hydroxylation sites is 1. The Morgan fingerprint density at radius 2 is 1.93 bits per heavy atom. The quantitative estimate of drug-likeness (QED) is 0.739. The zero-order chi connectivity index (χ0) is 18.8. The van der Waals surface area contributed by atoms with E-state index in [4.69, 9.17) is 9.47 Å². The molecule has 1 N–H and O–H groups in total. The van der Waals surface area contributed by atoms with Gasteiger partial charge in [-0.1, -0.05) is 35.4 Å². The topological polar surface area (TPSA) is 74.1 Å². The number of benzene rings is 2. The minimum Gasteiger partial charge on any atom is -0.497 e. The van der Waals surface area contributed by atoms with Crippen LogP contribution in [-0.4, -0.2) is 33.9 Å². The molecule has 7 nitrogen and oxygen atoms in total. The summed E-state index contributed by atoms with van der Waals surface area (Å²) in [6.45, 7) is -2.89. The van der Waals surface area contributed by atoms with Crippen molar-refractivity contribution in [2.24, 2.45) is 0 Å². The van der Waals surface area contributed by atoms with Crippen LogP contribution in [0.4, 0.5) is 14.7 Å². The van der Waals surface area contributed by atoms with E-state index in [1.54, 1.807) is 30.0 Å². The Labute approximate surface area is 153 Å². The molecule has 0 saturated heterocycles. The number of tetrazole rings is 1. The van der Waals surface area contributed by atoms with Crippen LogP contribution in [0.1, 0.15) is 29.6 Å². The van der Waals surface area contributed by atoms with Gasteiger partial charge in [0.25, 0.3) is 0 Å². The van der Waals surface area contributed by atoms with Crippen LogP contribution in [0.25, 0.3) is 0 Å². The van der Waals surface area contributed by atoms with E-state index in [2.05, 4.69) is 20.8 Å². The molecule has 0 spiro atoms. The highest BCUT2D eigenvalue weighted by Gasteiger charge is 2.32. The molecule has 0 radical (unpaired) electrons. The van der Waals surface area contributed by atoms with Crippen molar-refractivity contribution in [2.45, 2.75) is 25.1 Å². The highest BCUT2D eigenvalue weighted by atomic mass is 19.3. The van der Waals surface area contributed by atoms with Gasteiger partial charge in [0, 0.05) is 5.56 Å². The fraction of sp³-hybridized carbons (Fsp3) is 0.278. The maximum absolute atomic E-state index is 12.8. The van der Waals surface area contributed by atoms with Crippen molar-refractivity contribution in [2.75, 3.05) is 12.4 Å². The molecule has 9 heteroatoms. The molecular weight excluding hydrogens is 356 g/mol. The molecule has 2 atom stereocenters. The molecule has 4 rings (SSSR count). The van der Waals surface area contributed by atoms with E-state index in [9.17, 15) is 8.78 Å². The molecule has 2 aromatic carbocycles. The molecule has 0 saturated carbocycles. The second-order valence-corrected chi connectivity index (χ2v) is 6.08. The van der Waals surface area contributed by atoms with Gasteiger partial charge in [0.05, 0.1) is 19.2 Å². The van der Waals surface area contributed by atoms with Gasteiger partial charge >= 0.3 is 6.61 Å². The lowest BCUT2D eigenvalue weighted by Crippen LogP contribution is -2.28. The molecule has 1 aromatic heterocycles. The first-order chi connectivity index (χ1) is 13.2. The lowest BCUT2D eigenvalue weighted by molar-refractivity contribution is -0.0506. The molecule has 1 aliphatic rings. The summed E-state index contributed by atoms with van der Waals surface area (Å²) in [5.41, 5.74) is 1.62. The summed E-state index contributed by atoms with van der Waals surface area (Å²) < 4.78 is 37.1. The highest BCUT2D eigenvalue weighted by molar-refractivity contribution is 5.44. The standard InChI is InChI=1S/C18H17F2N5O2/c1-26-12-8-6-11(7-9-12)15-10-14(21-18-22-23-24-25(15)18)13-4-2-3-5-16(13)27-17(19)20/h2-9,14-15,17H,10H2,1H3,(H,21,22,24)/t14-,15+/m0/s1. The van der Waals surface area contributed by atoms with Crippen LogP contribution in [0.5, 0.6) is 11.5 Å². The smallest absolute Gasteiger partial charge is 0.387 e. The minimum absolute atomic E-state index is 0.138. The van der Waals surface area contributed by atoms with Crippen molar-refractivity contribution in [3.05, 3.63) is 59.7 Å². The molecule has 27 heavy (non-hydrogen) atoms. The summed E-state index contributed by atoms with van der Waals surface area (Å²) in [6.07, 6.45) is 0.563. The number of methoxy groups -OCH3 is 1. The van der Waals surface area contributed by atoms with Gasteiger partial charge in [-0.3, -0.25) is 0 Å². The average molecular weight is 373 g/mol. The third-order valence-electron chi connectivity index (χ3n) is 4.56. The number of nitrogens with zero attached hydrogens (tertiary/aromatic N) is 4. The van der Waals surface area contributed by atoms with Crippen LogP contribution in [0.2, 0.25) is 0 Å². The average Bonchev–Trinajstić information content (AvgIpc) is 3.16. The summed E-state index contributed by atoms with van der Waals surface area (Å²) >= 11 is 0. The Bertz CT molecular complexity index is 916. The number of rotatable bonds is 5. The first-order valence-corrected chi connectivity index (χ1v) is 8.38. The first kappa shape index (κ1) is 17.2. The number of anilines is 1. The zero-order valence-electron chi connectivity index (χ0n) is 14.4. The lowest BCUT2D eigenvalue weighted by atomic mass is 9.93. The Morgan fingerprint density at radius 3 is 2.67 bits per heavy atom. The van der Waals surface area contributed by atoms with Gasteiger partial charge in [-0.15, -0.1) is 0 Å². The Kier molecular flexibility index (Phi) is 4.57. The van der Waals surface area contributed by atoms with Gasteiger partial charge in [-0.05, 0) is 40.6 Å². The van der Waals surface area contributed by atoms with Gasteiger partial charge in [0.15, 0.2) is 0 Å². The van der Waals surface area contributed by atoms with Crippen molar-refractivity contribution in [1.82, 2.24) is 20.2 Å². The van der Waals surface area contributed by atoms with Gasteiger partial charge in [-0.25, -0.2) is 4.68 Å². The number of hydrogen-bond donors (Lipinski definition) is 1. The van der Waals surface area contributed by atoms with Crippen molar-refractivity contribution in [1.29, 1.82) is 0 Å². The number of hydrogen-bond acceptors (Lipinski definition) is 6. The van der Waals surface area contributed by atoms with Crippen LogP contribution in [0.3, 0.4) is 0 Å². The van der Waals surface area contributed by atoms with Crippen LogP contribution < -0.4 is 14.8 Å². The summed E-state index contributed by atoms with van der Waals surface area (Å²) in [6, 6.07) is 13.9. The van der Waals surface area contributed by atoms with E-state index in [0.29, 0.717) is 17.9 Å². The third-order valence-corrected chi connectivity index (χ3v) is 4.56. The summed E-state index contributed by atoms with van der Waals surface area (Å²) in [5.74, 6) is 1.36. The molecule has 3 aromatic rings. The Morgan fingerprint density at radius 1 is 1.15 bits per heavy atom. The fourth-order valence-electron chi connectivity index (χ4n) is 3.32. The number of alkyl halides is 2. The second-order valence-electron chi connectivity index (χ2n) is 6.08. The molecule has 1 aliphatic heterocycles. The predicted molar refractivity (Wildman–Crippen MR) is 93.0 cm³/mol. The number of nitrogens with one attached hydrogen (secondary N) is 1. The maximum Gasteiger partial charge on any atom is 0.387 e. The third kappa shape index (κ3) is 3.40. The van der Waals surface area contributed by atoms with E-state index in [0.717, 1.165) is 11.3 Å². The molecule has 0 amide bonds. The SMILES string of the molecule is COc1ccc([C@H]2C[C@@H](c3ccccc3OC(F)F)Nc3nnnn32)cc1. The van der Waals surface area contributed by atoms with Gasteiger partial charge in [0.1, 0.15) is 11.5 Å². The van der Waals surface area contributed by atoms with E-state index >= 15 is 0 Å². The lowest BCUT2D eigenvalue weighted by Gasteiger charge is -2.31. The second kappa shape index (κ2) is 7.18. The number of halogens is 2. The fourth-order valence-corrected chi connectivity index (χ4v) is 3.32. The van der Waals surface area contributed by atoms with Gasteiger partial charge < -0.3 is 14.8 Å². The van der Waals surface area contributed by atoms with E-state index in [-0.39, 0.29) is 17.8 Å². The van der Waals surface area contributed by atoms with Crippen LogP contribution in [-0.2, 0) is 0 Å². The van der Waals surface area contributed by atoms with Crippen molar-refractivity contribution >= 4 is 5.95 Å². The molecule has 0 fully saturated rings. The molecule has 0 unspecified atom stereocenters. The van der Waals surface area contributed by atoms with Crippen molar-refractivity contribution < 1.29 is 18.3 Å². The van der Waals surface area contributed by atoms with E-state index < -0.39 is 6.61 Å². The summed E-state index contributed by atoms with van der Waals surface area (Å²) in [7, 11) is 1.61.